The molecule has 0 fully saturated rings. The molecule has 0 unspecified atom stereocenters. The van der Waals surface area contributed by atoms with Crippen LogP contribution in [-0.4, -0.2) is 9.97 Å². The third-order valence-corrected chi connectivity index (χ3v) is 13.1. The van der Waals surface area contributed by atoms with Gasteiger partial charge in [-0.1, -0.05) is 184 Å². The number of para-hydroxylation sites is 2. The molecule has 0 bridgehead atoms. The minimum Gasteiger partial charge on any atom is -0.310 e. The number of rotatable bonds is 4. The number of fused-ring (bicyclic) bond motifs is 12. The van der Waals surface area contributed by atoms with Gasteiger partial charge in [0.25, 0.3) is 0 Å². The summed E-state index contributed by atoms with van der Waals surface area (Å²) in [6, 6.07) is 72.8. The highest BCUT2D eigenvalue weighted by Crippen LogP contribution is 2.64. The van der Waals surface area contributed by atoms with Gasteiger partial charge in [0, 0.05) is 27.8 Å². The molecule has 3 aliphatic rings. The van der Waals surface area contributed by atoms with Gasteiger partial charge in [-0.2, -0.15) is 0 Å². The van der Waals surface area contributed by atoms with Gasteiger partial charge < -0.3 is 4.90 Å². The highest BCUT2D eigenvalue weighted by atomic mass is 15.2. The van der Waals surface area contributed by atoms with Crippen LogP contribution in [0.3, 0.4) is 0 Å². The molecule has 1 aliphatic heterocycles. The summed E-state index contributed by atoms with van der Waals surface area (Å²) in [6.07, 6.45) is 0. The Morgan fingerprint density at radius 3 is 1.41 bits per heavy atom. The van der Waals surface area contributed by atoms with Crippen molar-refractivity contribution in [3.05, 3.63) is 234 Å². The van der Waals surface area contributed by atoms with E-state index in [0.717, 1.165) is 39.6 Å². The maximum atomic E-state index is 5.46. The Hall–Kier alpha value is -7.36. The normalized spacial score (nSPS) is 14.5. The van der Waals surface area contributed by atoms with E-state index >= 15 is 0 Å². The highest BCUT2D eigenvalue weighted by molar-refractivity contribution is 5.99. The lowest BCUT2D eigenvalue weighted by Crippen LogP contribution is -2.30. The van der Waals surface area contributed by atoms with Crippen molar-refractivity contribution in [2.75, 3.05) is 4.90 Å². The third kappa shape index (κ3) is 4.70. The van der Waals surface area contributed by atoms with Gasteiger partial charge in [0.1, 0.15) is 0 Å². The fourth-order valence-corrected chi connectivity index (χ4v) is 10.5. The van der Waals surface area contributed by atoms with E-state index in [1.807, 2.05) is 0 Å². The molecule has 1 spiro atoms. The van der Waals surface area contributed by atoms with E-state index < -0.39 is 5.41 Å². The summed E-state index contributed by atoms with van der Waals surface area (Å²) in [5.41, 5.74) is 20.8. The van der Waals surface area contributed by atoms with E-state index in [9.17, 15) is 0 Å². The van der Waals surface area contributed by atoms with Crippen LogP contribution in [0.1, 0.15) is 47.2 Å². The Labute approximate surface area is 345 Å². The Kier molecular flexibility index (Phi) is 7.19. The lowest BCUT2D eigenvalue weighted by atomic mass is 9.70. The number of anilines is 3. The van der Waals surface area contributed by atoms with Crippen molar-refractivity contribution in [2.45, 2.75) is 24.7 Å². The van der Waals surface area contributed by atoms with Gasteiger partial charge in [-0.25, -0.2) is 9.97 Å². The maximum Gasteiger partial charge on any atom is 0.161 e. The highest BCUT2D eigenvalue weighted by Gasteiger charge is 2.52. The van der Waals surface area contributed by atoms with Crippen molar-refractivity contribution in [1.29, 1.82) is 0 Å². The molecule has 0 saturated heterocycles. The van der Waals surface area contributed by atoms with E-state index in [4.69, 9.17) is 9.97 Å². The average Bonchev–Trinajstić information content (AvgIpc) is 3.77. The average molecular weight is 754 g/mol. The monoisotopic (exact) mass is 753 g/mol. The van der Waals surface area contributed by atoms with Crippen LogP contribution in [0, 0.1) is 0 Å². The smallest absolute Gasteiger partial charge is 0.161 e. The van der Waals surface area contributed by atoms with E-state index in [1.54, 1.807) is 0 Å². The molecule has 0 radical (unpaired) electrons. The SMILES string of the molecule is CC1(C)c2ccccc2N(c2ccc(-c3cc(-c4ccccc4)nc(-c4cccc5c4-c4ccccc4C54c5ccccc5-c5ccccc54)n3)cc2)c2ccccc21. The van der Waals surface area contributed by atoms with Crippen molar-refractivity contribution in [2.24, 2.45) is 0 Å². The third-order valence-electron chi connectivity index (χ3n) is 13.1. The van der Waals surface area contributed by atoms with E-state index in [1.165, 1.54) is 67.0 Å². The van der Waals surface area contributed by atoms with Gasteiger partial charge in [0.15, 0.2) is 5.82 Å². The van der Waals surface area contributed by atoms with Crippen molar-refractivity contribution < 1.29 is 0 Å². The second-order valence-electron chi connectivity index (χ2n) is 16.5. The molecular formula is C56H39N3. The minimum absolute atomic E-state index is 0.114. The number of aromatic nitrogens is 2. The second kappa shape index (κ2) is 12.6. The van der Waals surface area contributed by atoms with Crippen LogP contribution in [0.2, 0.25) is 0 Å². The number of hydrogen-bond acceptors (Lipinski definition) is 3. The van der Waals surface area contributed by atoms with Crippen molar-refractivity contribution in [1.82, 2.24) is 9.97 Å². The molecule has 1 aromatic heterocycles. The molecule has 59 heavy (non-hydrogen) atoms. The zero-order valence-electron chi connectivity index (χ0n) is 32.9. The first-order chi connectivity index (χ1) is 29.0. The van der Waals surface area contributed by atoms with Crippen molar-refractivity contribution in [3.8, 4) is 56.2 Å². The van der Waals surface area contributed by atoms with E-state index in [0.29, 0.717) is 0 Å². The summed E-state index contributed by atoms with van der Waals surface area (Å²) < 4.78 is 0. The molecule has 8 aromatic carbocycles. The Morgan fingerprint density at radius 1 is 0.373 bits per heavy atom. The Morgan fingerprint density at radius 2 is 0.814 bits per heavy atom. The summed E-state index contributed by atoms with van der Waals surface area (Å²) in [7, 11) is 0. The maximum absolute atomic E-state index is 5.46. The van der Waals surface area contributed by atoms with Crippen molar-refractivity contribution >= 4 is 17.1 Å². The van der Waals surface area contributed by atoms with Crippen molar-refractivity contribution in [3.63, 3.8) is 0 Å². The van der Waals surface area contributed by atoms with Gasteiger partial charge in [0.05, 0.1) is 28.2 Å². The van der Waals surface area contributed by atoms with E-state index in [2.05, 4.69) is 219 Å². The fourth-order valence-electron chi connectivity index (χ4n) is 10.5. The molecule has 0 N–H and O–H groups in total. The molecule has 2 heterocycles. The lowest BCUT2D eigenvalue weighted by Gasteiger charge is -2.42. The van der Waals surface area contributed by atoms with Gasteiger partial charge in [-0.15, -0.1) is 0 Å². The summed E-state index contributed by atoms with van der Waals surface area (Å²) in [6.45, 7) is 4.66. The van der Waals surface area contributed by atoms with E-state index in [-0.39, 0.29) is 5.41 Å². The summed E-state index contributed by atoms with van der Waals surface area (Å²) >= 11 is 0. The van der Waals surface area contributed by atoms with Gasteiger partial charge in [-0.3, -0.25) is 0 Å². The summed E-state index contributed by atoms with van der Waals surface area (Å²) in [4.78, 5) is 13.3. The van der Waals surface area contributed by atoms with Crippen LogP contribution < -0.4 is 4.90 Å². The summed E-state index contributed by atoms with van der Waals surface area (Å²) in [5, 5.41) is 0. The van der Waals surface area contributed by atoms with Crippen LogP contribution in [0.4, 0.5) is 17.1 Å². The van der Waals surface area contributed by atoms with Gasteiger partial charge in [0.2, 0.25) is 0 Å². The second-order valence-corrected chi connectivity index (χ2v) is 16.5. The van der Waals surface area contributed by atoms with Gasteiger partial charge in [-0.05, 0) is 86.0 Å². The zero-order chi connectivity index (χ0) is 39.3. The first-order valence-electron chi connectivity index (χ1n) is 20.5. The molecule has 278 valence electrons. The summed E-state index contributed by atoms with van der Waals surface area (Å²) in [5.74, 6) is 0.717. The topological polar surface area (TPSA) is 29.0 Å². The van der Waals surface area contributed by atoms with Gasteiger partial charge >= 0.3 is 0 Å². The zero-order valence-corrected chi connectivity index (χ0v) is 32.9. The van der Waals surface area contributed by atoms with Crippen LogP contribution in [0.5, 0.6) is 0 Å². The fraction of sp³-hybridized carbons (Fsp3) is 0.0714. The standard InChI is InChI=1S/C56H39N3/c1-55(2)46-26-12-14-29-51(46)59(52-30-15-13-27-47(52)55)38-33-31-37(32-34-38)50-35-49(36-17-4-3-5-18-36)57-54(58-50)42-22-16-28-48-53(42)41-21-8-11-25-45(41)56(48)43-23-9-6-19-39(43)40-20-7-10-24-44(40)56/h3-35H,1-2H3. The number of nitrogens with zero attached hydrogens (tertiary/aromatic N) is 3. The predicted molar refractivity (Wildman–Crippen MR) is 241 cm³/mol. The van der Waals surface area contributed by atoms with Crippen LogP contribution >= 0.6 is 0 Å². The molecule has 0 amide bonds. The Bertz CT molecular complexity index is 3050. The molecule has 2 aliphatic carbocycles. The van der Waals surface area contributed by atoms with Crippen LogP contribution in [-0.2, 0) is 10.8 Å². The predicted octanol–water partition coefficient (Wildman–Crippen LogP) is 13.9. The largest absolute Gasteiger partial charge is 0.310 e. The lowest BCUT2D eigenvalue weighted by molar-refractivity contribution is 0.632. The Balaban J connectivity index is 1.04. The first kappa shape index (κ1) is 33.7. The molecule has 12 rings (SSSR count). The first-order valence-corrected chi connectivity index (χ1v) is 20.5. The quantitative estimate of drug-likeness (QED) is 0.179. The molecule has 0 saturated carbocycles. The number of benzene rings is 8. The molecular weight excluding hydrogens is 715 g/mol. The molecule has 3 heteroatoms. The molecule has 3 nitrogen and oxygen atoms in total. The minimum atomic E-state index is -0.439. The van der Waals surface area contributed by atoms with Crippen LogP contribution in [0.15, 0.2) is 200 Å². The van der Waals surface area contributed by atoms with Crippen LogP contribution in [0.25, 0.3) is 56.2 Å². The molecule has 0 atom stereocenters. The number of hydrogen-bond donors (Lipinski definition) is 0. The molecule has 9 aromatic rings.